The first-order valence-electron chi connectivity index (χ1n) is 8.48. The van der Waals surface area contributed by atoms with Crippen LogP contribution in [0.3, 0.4) is 0 Å². The van der Waals surface area contributed by atoms with Gasteiger partial charge in [0.2, 0.25) is 0 Å². The summed E-state index contributed by atoms with van der Waals surface area (Å²) in [6, 6.07) is 14.5. The summed E-state index contributed by atoms with van der Waals surface area (Å²) < 4.78 is 18.7. The Labute approximate surface area is 144 Å². The molecule has 0 aromatic heterocycles. The van der Waals surface area contributed by atoms with Gasteiger partial charge in [-0.1, -0.05) is 61.9 Å². The van der Waals surface area contributed by atoms with Crippen molar-refractivity contribution in [1.82, 2.24) is 0 Å². The number of allylic oxidation sites excluding steroid dienone is 2. The lowest BCUT2D eigenvalue weighted by Crippen LogP contribution is -1.97. The molecule has 0 saturated heterocycles. The molecule has 0 unspecified atom stereocenters. The minimum Gasteiger partial charge on any atom is -0.494 e. The van der Waals surface area contributed by atoms with E-state index in [0.29, 0.717) is 0 Å². The SMILES string of the molecule is C=CC(=C)CCCCCCOc1ccc(-c2ccc(F)cc2)cc1. The number of rotatable bonds is 10. The molecule has 0 N–H and O–H groups in total. The summed E-state index contributed by atoms with van der Waals surface area (Å²) >= 11 is 0. The van der Waals surface area contributed by atoms with Crippen LogP contribution in [0.2, 0.25) is 0 Å². The van der Waals surface area contributed by atoms with Gasteiger partial charge in [0, 0.05) is 0 Å². The van der Waals surface area contributed by atoms with Crippen LogP contribution in [0, 0.1) is 5.82 Å². The third kappa shape index (κ3) is 6.04. The zero-order chi connectivity index (χ0) is 17.2. The smallest absolute Gasteiger partial charge is 0.123 e. The predicted molar refractivity (Wildman–Crippen MR) is 99.8 cm³/mol. The third-order valence-corrected chi connectivity index (χ3v) is 3.98. The average molecular weight is 324 g/mol. The Bertz CT molecular complexity index is 641. The van der Waals surface area contributed by atoms with Crippen molar-refractivity contribution >= 4 is 0 Å². The molecule has 0 fully saturated rings. The Morgan fingerprint density at radius 3 is 2.08 bits per heavy atom. The molecular weight excluding hydrogens is 299 g/mol. The Morgan fingerprint density at radius 2 is 1.46 bits per heavy atom. The fourth-order valence-corrected chi connectivity index (χ4v) is 2.49. The maximum atomic E-state index is 12.9. The lowest BCUT2D eigenvalue weighted by atomic mass is 10.1. The van der Waals surface area contributed by atoms with Crippen LogP contribution in [0.15, 0.2) is 73.3 Å². The molecule has 2 heteroatoms. The van der Waals surface area contributed by atoms with Crippen molar-refractivity contribution in [1.29, 1.82) is 0 Å². The van der Waals surface area contributed by atoms with Crippen molar-refractivity contribution in [2.24, 2.45) is 0 Å². The number of ether oxygens (including phenoxy) is 1. The van der Waals surface area contributed by atoms with Crippen LogP contribution in [0.4, 0.5) is 4.39 Å². The molecule has 2 aromatic rings. The fourth-order valence-electron chi connectivity index (χ4n) is 2.49. The molecule has 0 aliphatic rings. The van der Waals surface area contributed by atoms with Gasteiger partial charge in [0.05, 0.1) is 6.61 Å². The van der Waals surface area contributed by atoms with Crippen LogP contribution in [0.5, 0.6) is 5.75 Å². The van der Waals surface area contributed by atoms with Gasteiger partial charge in [-0.2, -0.15) is 0 Å². The third-order valence-electron chi connectivity index (χ3n) is 3.98. The van der Waals surface area contributed by atoms with E-state index in [1.54, 1.807) is 12.1 Å². The Balaban J connectivity index is 1.68. The van der Waals surface area contributed by atoms with Gasteiger partial charge < -0.3 is 4.74 Å². The van der Waals surface area contributed by atoms with E-state index in [1.807, 2.05) is 30.3 Å². The van der Waals surface area contributed by atoms with E-state index >= 15 is 0 Å². The van der Waals surface area contributed by atoms with Crippen molar-refractivity contribution in [2.45, 2.75) is 32.1 Å². The molecular formula is C22H25FO. The highest BCUT2D eigenvalue weighted by Crippen LogP contribution is 2.22. The van der Waals surface area contributed by atoms with E-state index in [-0.39, 0.29) is 5.82 Å². The molecule has 0 radical (unpaired) electrons. The first-order valence-corrected chi connectivity index (χ1v) is 8.48. The maximum Gasteiger partial charge on any atom is 0.123 e. The first kappa shape index (κ1) is 18.0. The van der Waals surface area contributed by atoms with Crippen LogP contribution in [0.25, 0.3) is 11.1 Å². The van der Waals surface area contributed by atoms with E-state index in [9.17, 15) is 4.39 Å². The number of benzene rings is 2. The molecule has 0 bridgehead atoms. The zero-order valence-corrected chi connectivity index (χ0v) is 14.1. The zero-order valence-electron chi connectivity index (χ0n) is 14.1. The molecule has 0 spiro atoms. The minimum absolute atomic E-state index is 0.215. The van der Waals surface area contributed by atoms with E-state index < -0.39 is 0 Å². The molecule has 1 nitrogen and oxygen atoms in total. The largest absolute Gasteiger partial charge is 0.494 e. The number of halogens is 1. The molecule has 0 aliphatic heterocycles. The Kier molecular flexibility index (Phi) is 7.28. The lowest BCUT2D eigenvalue weighted by Gasteiger charge is -2.08. The van der Waals surface area contributed by atoms with Crippen LogP contribution >= 0.6 is 0 Å². The van der Waals surface area contributed by atoms with Gasteiger partial charge in [0.15, 0.2) is 0 Å². The summed E-state index contributed by atoms with van der Waals surface area (Å²) in [5.41, 5.74) is 3.18. The number of hydrogen-bond donors (Lipinski definition) is 0. The second-order valence-corrected chi connectivity index (χ2v) is 5.91. The van der Waals surface area contributed by atoms with Crippen molar-refractivity contribution < 1.29 is 9.13 Å². The summed E-state index contributed by atoms with van der Waals surface area (Å²) in [5, 5.41) is 0. The molecule has 2 aromatic carbocycles. The second kappa shape index (κ2) is 9.71. The Morgan fingerprint density at radius 1 is 0.875 bits per heavy atom. The first-order chi connectivity index (χ1) is 11.7. The summed E-state index contributed by atoms with van der Waals surface area (Å²) in [6.45, 7) is 8.37. The van der Waals surface area contributed by atoms with Gasteiger partial charge in [-0.25, -0.2) is 4.39 Å². The molecule has 0 atom stereocenters. The summed E-state index contributed by atoms with van der Waals surface area (Å²) in [4.78, 5) is 0. The topological polar surface area (TPSA) is 9.23 Å². The van der Waals surface area contributed by atoms with E-state index in [1.165, 1.54) is 18.6 Å². The van der Waals surface area contributed by atoms with Gasteiger partial charge in [0.1, 0.15) is 11.6 Å². The van der Waals surface area contributed by atoms with Crippen molar-refractivity contribution in [2.75, 3.05) is 6.61 Å². The fraction of sp³-hybridized carbons (Fsp3) is 0.273. The maximum absolute atomic E-state index is 12.9. The van der Waals surface area contributed by atoms with Gasteiger partial charge in [0.25, 0.3) is 0 Å². The van der Waals surface area contributed by atoms with E-state index in [2.05, 4.69) is 13.2 Å². The Hall–Kier alpha value is -2.35. The van der Waals surface area contributed by atoms with Gasteiger partial charge >= 0.3 is 0 Å². The molecule has 126 valence electrons. The molecule has 0 amide bonds. The monoisotopic (exact) mass is 324 g/mol. The van der Waals surface area contributed by atoms with Crippen LogP contribution < -0.4 is 4.74 Å². The molecule has 0 heterocycles. The van der Waals surface area contributed by atoms with Crippen LogP contribution in [0.1, 0.15) is 32.1 Å². The predicted octanol–water partition coefficient (Wildman–Crippen LogP) is 6.56. The molecule has 0 saturated carbocycles. The van der Waals surface area contributed by atoms with Gasteiger partial charge in [-0.05, 0) is 54.7 Å². The molecule has 2 rings (SSSR count). The van der Waals surface area contributed by atoms with Crippen molar-refractivity contribution in [3.05, 3.63) is 79.2 Å². The lowest BCUT2D eigenvalue weighted by molar-refractivity contribution is 0.305. The summed E-state index contributed by atoms with van der Waals surface area (Å²) in [6.07, 6.45) is 7.45. The highest BCUT2D eigenvalue weighted by molar-refractivity contribution is 5.63. The van der Waals surface area contributed by atoms with Crippen molar-refractivity contribution in [3.8, 4) is 16.9 Å². The van der Waals surface area contributed by atoms with Gasteiger partial charge in [-0.3, -0.25) is 0 Å². The molecule has 24 heavy (non-hydrogen) atoms. The standard InChI is InChI=1S/C22H25FO/c1-3-18(2)8-6-4-5-7-17-24-22-15-11-20(12-16-22)19-9-13-21(23)14-10-19/h3,9-16H,1-2,4-8,17H2. The second-order valence-electron chi connectivity index (χ2n) is 5.91. The van der Waals surface area contributed by atoms with Gasteiger partial charge in [-0.15, -0.1) is 0 Å². The number of hydrogen-bond acceptors (Lipinski definition) is 1. The van der Waals surface area contributed by atoms with Crippen LogP contribution in [-0.2, 0) is 0 Å². The normalized spacial score (nSPS) is 10.4. The highest BCUT2D eigenvalue weighted by atomic mass is 19.1. The average Bonchev–Trinajstić information content (AvgIpc) is 2.62. The number of unbranched alkanes of at least 4 members (excludes halogenated alkanes) is 3. The van der Waals surface area contributed by atoms with E-state index in [0.717, 1.165) is 54.7 Å². The molecule has 0 aliphatic carbocycles. The van der Waals surface area contributed by atoms with Crippen LogP contribution in [-0.4, -0.2) is 6.61 Å². The summed E-state index contributed by atoms with van der Waals surface area (Å²) in [5.74, 6) is 0.661. The van der Waals surface area contributed by atoms with Crippen molar-refractivity contribution in [3.63, 3.8) is 0 Å². The quantitative estimate of drug-likeness (QED) is 0.355. The highest BCUT2D eigenvalue weighted by Gasteiger charge is 2.00. The minimum atomic E-state index is -0.215. The van der Waals surface area contributed by atoms with E-state index in [4.69, 9.17) is 4.74 Å². The summed E-state index contributed by atoms with van der Waals surface area (Å²) in [7, 11) is 0.